The number of rotatable bonds is 24. The van der Waals surface area contributed by atoms with E-state index in [0.717, 1.165) is 61.6 Å². The largest absolute Gasteiger partial charge is 0.481 e. The molecule has 0 spiro atoms. The highest BCUT2D eigenvalue weighted by Gasteiger charge is 2.27. The summed E-state index contributed by atoms with van der Waals surface area (Å²) >= 11 is 0. The van der Waals surface area contributed by atoms with Crippen LogP contribution in [0.1, 0.15) is 115 Å². The minimum absolute atomic E-state index is 0.0575. The average Bonchev–Trinajstić information content (AvgIpc) is 3.14. The van der Waals surface area contributed by atoms with Gasteiger partial charge in [0, 0.05) is 30.5 Å². The van der Waals surface area contributed by atoms with Gasteiger partial charge >= 0.3 is 12.1 Å². The Morgan fingerprint density at radius 1 is 0.800 bits per heavy atom. The standard InChI is InChI=1S/C42H60N6O7/c1-5-6-9-16-32-26-34-31(17-14-18-35(34)47-39(32)43)15-10-8-13-25-44-42(54)55-27-30-21-23-33(24-22-30)46-40(52)29(4)45-41(53)38(28(2)3)48-36(49)19-11-7-12-20-37(50)51/h14,17-18,21-24,26,28-29,38H,5-13,15-16,19-20,25,27H2,1-4H3,(H2,43,47)(H,44,54)(H,45,53)(H,46,52)(H,48,49)(H,50,51)/t29-,38-/m0/s1. The van der Waals surface area contributed by atoms with Crippen LogP contribution < -0.4 is 27.0 Å². The van der Waals surface area contributed by atoms with Gasteiger partial charge in [-0.1, -0.05) is 70.7 Å². The molecule has 300 valence electrons. The molecule has 0 saturated carbocycles. The van der Waals surface area contributed by atoms with Crippen molar-refractivity contribution in [1.29, 1.82) is 0 Å². The van der Waals surface area contributed by atoms with E-state index in [1.807, 2.05) is 12.1 Å². The van der Waals surface area contributed by atoms with E-state index in [1.54, 1.807) is 45.0 Å². The predicted molar refractivity (Wildman–Crippen MR) is 215 cm³/mol. The van der Waals surface area contributed by atoms with Crippen LogP contribution in [0, 0.1) is 5.92 Å². The van der Waals surface area contributed by atoms with Gasteiger partial charge in [-0.25, -0.2) is 9.78 Å². The Labute approximate surface area is 324 Å². The minimum Gasteiger partial charge on any atom is -0.481 e. The Morgan fingerprint density at radius 2 is 1.49 bits per heavy atom. The summed E-state index contributed by atoms with van der Waals surface area (Å²) in [6, 6.07) is 13.5. The molecule has 13 nitrogen and oxygen atoms in total. The maximum Gasteiger partial charge on any atom is 0.407 e. The van der Waals surface area contributed by atoms with Crippen molar-refractivity contribution in [1.82, 2.24) is 20.9 Å². The molecule has 2 aromatic carbocycles. The first-order valence-electron chi connectivity index (χ1n) is 19.7. The highest BCUT2D eigenvalue weighted by molar-refractivity contribution is 5.98. The van der Waals surface area contributed by atoms with Gasteiger partial charge in [-0.2, -0.15) is 0 Å². The molecule has 1 heterocycles. The number of ether oxygens (including phenoxy) is 1. The number of nitrogens with one attached hydrogen (secondary N) is 4. The van der Waals surface area contributed by atoms with Crippen LogP contribution in [-0.2, 0) is 43.4 Å². The van der Waals surface area contributed by atoms with Crippen LogP contribution in [0.4, 0.5) is 16.3 Å². The number of nitrogens with zero attached hydrogens (tertiary/aromatic N) is 1. The molecular formula is C42H60N6O7. The number of aryl methyl sites for hydroxylation is 2. The molecule has 0 radical (unpaired) electrons. The normalized spacial score (nSPS) is 12.2. The Hall–Kier alpha value is -5.20. The number of carbonyl (C=O) groups excluding carboxylic acids is 4. The van der Waals surface area contributed by atoms with Gasteiger partial charge in [-0.3, -0.25) is 19.2 Å². The first kappa shape index (κ1) is 44.2. The van der Waals surface area contributed by atoms with Crippen LogP contribution in [0.25, 0.3) is 10.9 Å². The number of unbranched alkanes of at least 4 members (excludes halogenated alkanes) is 6. The first-order valence-corrected chi connectivity index (χ1v) is 19.7. The highest BCUT2D eigenvalue weighted by atomic mass is 16.5. The number of anilines is 2. The van der Waals surface area contributed by atoms with Crippen LogP contribution in [0.2, 0.25) is 0 Å². The zero-order chi connectivity index (χ0) is 40.2. The van der Waals surface area contributed by atoms with Crippen molar-refractivity contribution >= 4 is 52.2 Å². The van der Waals surface area contributed by atoms with Crippen molar-refractivity contribution in [3.8, 4) is 0 Å². The SMILES string of the molecule is CCCCCc1cc2c(CCCCCNC(=O)OCc3ccc(NC(=O)[C@H](C)NC(=O)[C@@H](NC(=O)CCCCCC(=O)O)C(C)C)cc3)cccc2nc1N. The van der Waals surface area contributed by atoms with Gasteiger partial charge in [-0.15, -0.1) is 0 Å². The number of hydrogen-bond acceptors (Lipinski definition) is 8. The topological polar surface area (TPSA) is 202 Å². The lowest BCUT2D eigenvalue weighted by Crippen LogP contribution is -2.53. The molecular weight excluding hydrogens is 700 g/mol. The molecule has 3 rings (SSSR count). The van der Waals surface area contributed by atoms with Crippen LogP contribution in [0.3, 0.4) is 0 Å². The molecule has 7 N–H and O–H groups in total. The quantitative estimate of drug-likeness (QED) is 0.0531. The molecule has 4 amide bonds. The number of carbonyl (C=O) groups is 5. The van der Waals surface area contributed by atoms with E-state index in [9.17, 15) is 24.0 Å². The van der Waals surface area contributed by atoms with Gasteiger partial charge < -0.3 is 36.8 Å². The van der Waals surface area contributed by atoms with Gasteiger partial charge in [0.15, 0.2) is 0 Å². The van der Waals surface area contributed by atoms with Gasteiger partial charge in [0.1, 0.15) is 24.5 Å². The number of alkyl carbamates (subject to hydrolysis) is 1. The minimum atomic E-state index is -0.878. The monoisotopic (exact) mass is 760 g/mol. The van der Waals surface area contributed by atoms with Gasteiger partial charge in [-0.05, 0) is 98.7 Å². The third kappa shape index (κ3) is 16.0. The van der Waals surface area contributed by atoms with E-state index in [-0.39, 0.29) is 31.3 Å². The third-order valence-electron chi connectivity index (χ3n) is 9.41. The lowest BCUT2D eigenvalue weighted by molar-refractivity contribution is -0.137. The van der Waals surface area contributed by atoms with Gasteiger partial charge in [0.2, 0.25) is 17.7 Å². The van der Waals surface area contributed by atoms with Gasteiger partial charge in [0.05, 0.1) is 5.52 Å². The van der Waals surface area contributed by atoms with E-state index >= 15 is 0 Å². The molecule has 1 aromatic heterocycles. The summed E-state index contributed by atoms with van der Waals surface area (Å²) in [7, 11) is 0. The number of hydrogen-bond donors (Lipinski definition) is 6. The number of benzene rings is 2. The Balaban J connectivity index is 1.33. The van der Waals surface area contributed by atoms with E-state index in [2.05, 4.69) is 45.3 Å². The second-order valence-corrected chi connectivity index (χ2v) is 14.4. The highest BCUT2D eigenvalue weighted by Crippen LogP contribution is 2.25. The van der Waals surface area contributed by atoms with Gasteiger partial charge in [0.25, 0.3) is 0 Å². The summed E-state index contributed by atoms with van der Waals surface area (Å²) in [5.41, 5.74) is 10.8. The van der Waals surface area contributed by atoms with E-state index < -0.39 is 36.0 Å². The third-order valence-corrected chi connectivity index (χ3v) is 9.41. The number of aromatic nitrogens is 1. The summed E-state index contributed by atoms with van der Waals surface area (Å²) in [6.07, 6.45) is 9.42. The molecule has 55 heavy (non-hydrogen) atoms. The summed E-state index contributed by atoms with van der Waals surface area (Å²) in [6.45, 7) is 7.92. The van der Waals surface area contributed by atoms with Crippen LogP contribution in [0.15, 0.2) is 48.5 Å². The molecule has 13 heteroatoms. The van der Waals surface area contributed by atoms with E-state index in [1.165, 1.54) is 17.4 Å². The predicted octanol–water partition coefficient (Wildman–Crippen LogP) is 6.81. The smallest absolute Gasteiger partial charge is 0.407 e. The number of aliphatic carboxylic acids is 1. The fraction of sp³-hybridized carbons (Fsp3) is 0.524. The average molecular weight is 761 g/mol. The maximum absolute atomic E-state index is 12.9. The molecule has 0 aliphatic heterocycles. The zero-order valence-electron chi connectivity index (χ0n) is 32.9. The van der Waals surface area contributed by atoms with Crippen LogP contribution in [0.5, 0.6) is 0 Å². The Kier molecular flexibility index (Phi) is 18.9. The Morgan fingerprint density at radius 3 is 2.20 bits per heavy atom. The molecule has 0 fully saturated rings. The number of nitrogens with two attached hydrogens (primary N) is 1. The Bertz CT molecular complexity index is 1710. The fourth-order valence-corrected chi connectivity index (χ4v) is 6.13. The molecule has 0 saturated heterocycles. The van der Waals surface area contributed by atoms with Crippen LogP contribution in [-0.4, -0.2) is 58.5 Å². The maximum atomic E-state index is 12.9. The van der Waals surface area contributed by atoms with E-state index in [4.69, 9.17) is 15.6 Å². The summed E-state index contributed by atoms with van der Waals surface area (Å²) < 4.78 is 5.37. The second-order valence-electron chi connectivity index (χ2n) is 14.4. The molecule has 2 atom stereocenters. The fourth-order valence-electron chi connectivity index (χ4n) is 6.13. The van der Waals surface area contributed by atoms with Crippen molar-refractivity contribution in [2.75, 3.05) is 17.6 Å². The molecule has 0 aliphatic carbocycles. The molecule has 3 aromatic rings. The lowest BCUT2D eigenvalue weighted by atomic mass is 9.99. The van der Waals surface area contributed by atoms with Crippen molar-refractivity contribution in [2.45, 2.75) is 130 Å². The van der Waals surface area contributed by atoms with Crippen molar-refractivity contribution in [3.05, 3.63) is 65.2 Å². The number of amides is 4. The van der Waals surface area contributed by atoms with Crippen molar-refractivity contribution in [3.63, 3.8) is 0 Å². The molecule has 0 aliphatic rings. The number of carboxylic acid groups (broad SMARTS) is 1. The number of pyridine rings is 1. The van der Waals surface area contributed by atoms with Crippen molar-refractivity contribution in [2.24, 2.45) is 5.92 Å². The summed E-state index contributed by atoms with van der Waals surface area (Å²) in [5, 5.41) is 20.9. The summed E-state index contributed by atoms with van der Waals surface area (Å²) in [4.78, 5) is 65.8. The first-order chi connectivity index (χ1) is 26.4. The van der Waals surface area contributed by atoms with Crippen LogP contribution >= 0.6 is 0 Å². The number of nitrogen functional groups attached to an aromatic ring is 1. The number of fused-ring (bicyclic) bond motifs is 1. The molecule has 0 bridgehead atoms. The number of carboxylic acids is 1. The summed E-state index contributed by atoms with van der Waals surface area (Å²) in [5.74, 6) is -1.68. The molecule has 0 unspecified atom stereocenters. The zero-order valence-corrected chi connectivity index (χ0v) is 32.9. The van der Waals surface area contributed by atoms with E-state index in [0.29, 0.717) is 37.3 Å². The second kappa shape index (κ2) is 23.6. The van der Waals surface area contributed by atoms with Crippen molar-refractivity contribution < 1.29 is 33.8 Å². The lowest BCUT2D eigenvalue weighted by Gasteiger charge is -2.24.